The molecule has 11 heteroatoms. The van der Waals surface area contributed by atoms with Crippen LogP contribution in [0.1, 0.15) is 26.7 Å². The van der Waals surface area contributed by atoms with Crippen LogP contribution >= 0.6 is 0 Å². The van der Waals surface area contributed by atoms with E-state index in [9.17, 15) is 16.8 Å². The lowest BCUT2D eigenvalue weighted by Gasteiger charge is -2.09. The summed E-state index contributed by atoms with van der Waals surface area (Å²) in [6.45, 7) is 4.50. The van der Waals surface area contributed by atoms with Crippen LogP contribution in [0.4, 0.5) is 0 Å². The fraction of sp³-hybridized carbons (Fsp3) is 0.333. The fourth-order valence-electron chi connectivity index (χ4n) is 2.17. The quantitative estimate of drug-likeness (QED) is 0.490. The third-order valence-electron chi connectivity index (χ3n) is 3.72. The molecule has 8 nitrogen and oxygen atoms in total. The predicted molar refractivity (Wildman–Crippen MR) is 111 cm³/mol. The zero-order chi connectivity index (χ0) is 21.3. The molecule has 0 aliphatic heterocycles. The van der Waals surface area contributed by atoms with Gasteiger partial charge in [0.2, 0.25) is 20.0 Å². The summed E-state index contributed by atoms with van der Waals surface area (Å²) >= 11 is 0. The van der Waals surface area contributed by atoms with Crippen molar-refractivity contribution in [3.63, 3.8) is 0 Å². The van der Waals surface area contributed by atoms with Gasteiger partial charge in [-0.2, -0.15) is 0 Å². The fourth-order valence-corrected chi connectivity index (χ4v) is 4.44. The maximum Gasteiger partial charge on any atom is 0.658 e. The van der Waals surface area contributed by atoms with Crippen LogP contribution in [0.2, 0.25) is 0 Å². The molecule has 29 heavy (non-hydrogen) atoms. The van der Waals surface area contributed by atoms with Gasteiger partial charge >= 0.3 is 7.69 Å². The molecule has 2 aromatic carbocycles. The predicted octanol–water partition coefficient (Wildman–Crippen LogP) is 2.06. The maximum atomic E-state index is 12.0. The number of rotatable bonds is 12. The molecule has 0 aromatic heterocycles. The van der Waals surface area contributed by atoms with Crippen LogP contribution in [-0.4, -0.2) is 37.6 Å². The number of hydrogen-bond acceptors (Lipinski definition) is 6. The summed E-state index contributed by atoms with van der Waals surface area (Å²) in [5, 5.41) is 0. The zero-order valence-corrected chi connectivity index (χ0v) is 17.9. The van der Waals surface area contributed by atoms with Crippen molar-refractivity contribution in [1.82, 2.24) is 9.44 Å². The summed E-state index contributed by atoms with van der Waals surface area (Å²) < 4.78 is 63.7. The van der Waals surface area contributed by atoms with Crippen LogP contribution < -0.4 is 18.8 Å². The van der Waals surface area contributed by atoms with Crippen molar-refractivity contribution in [2.75, 3.05) is 13.1 Å². The van der Waals surface area contributed by atoms with Crippen molar-refractivity contribution in [3.8, 4) is 11.5 Å². The van der Waals surface area contributed by atoms with Crippen LogP contribution in [0.5, 0.6) is 11.5 Å². The van der Waals surface area contributed by atoms with Gasteiger partial charge in [0.05, 0.1) is 9.79 Å². The minimum Gasteiger partial charge on any atom is -0.526 e. The van der Waals surface area contributed by atoms with Gasteiger partial charge in [0.15, 0.2) is 0 Å². The van der Waals surface area contributed by atoms with Crippen molar-refractivity contribution in [2.45, 2.75) is 36.5 Å². The molecule has 0 amide bonds. The van der Waals surface area contributed by atoms with E-state index in [0.717, 1.165) is 7.69 Å². The van der Waals surface area contributed by atoms with Gasteiger partial charge in [-0.05, 0) is 61.4 Å². The van der Waals surface area contributed by atoms with E-state index < -0.39 is 20.0 Å². The van der Waals surface area contributed by atoms with E-state index in [2.05, 4.69) is 9.44 Å². The Bertz CT molecular complexity index is 897. The molecule has 0 aliphatic rings. The Morgan fingerprint density at radius 1 is 0.690 bits per heavy atom. The second-order valence-corrected chi connectivity index (χ2v) is 9.60. The molecule has 157 valence electrons. The van der Waals surface area contributed by atoms with E-state index in [4.69, 9.17) is 9.31 Å². The van der Waals surface area contributed by atoms with Crippen LogP contribution in [0.25, 0.3) is 0 Å². The molecular weight excluding hydrogens is 415 g/mol. The lowest BCUT2D eigenvalue weighted by Crippen LogP contribution is -2.24. The highest BCUT2D eigenvalue weighted by atomic mass is 32.2. The van der Waals surface area contributed by atoms with Crippen LogP contribution in [0.3, 0.4) is 0 Å². The lowest BCUT2D eigenvalue weighted by atomic mass is 10.3. The summed E-state index contributed by atoms with van der Waals surface area (Å²) in [4.78, 5) is 0.292. The average molecular weight is 439 g/mol. The largest absolute Gasteiger partial charge is 0.658 e. The molecule has 0 fully saturated rings. The molecule has 0 heterocycles. The molecule has 0 aliphatic carbocycles. The Morgan fingerprint density at radius 2 is 1.03 bits per heavy atom. The van der Waals surface area contributed by atoms with Gasteiger partial charge < -0.3 is 9.31 Å². The highest BCUT2D eigenvalue weighted by Gasteiger charge is 2.14. The molecule has 1 radical (unpaired) electrons. The summed E-state index contributed by atoms with van der Waals surface area (Å²) in [7, 11) is -5.97. The van der Waals surface area contributed by atoms with Gasteiger partial charge in [0.25, 0.3) is 0 Å². The number of hydrogen-bond donors (Lipinski definition) is 2. The van der Waals surface area contributed by atoms with E-state index in [1.807, 2.05) is 13.8 Å². The highest BCUT2D eigenvalue weighted by Crippen LogP contribution is 2.18. The number of sulfonamides is 2. The summed E-state index contributed by atoms with van der Waals surface area (Å²) in [5.74, 6) is 0.782. The van der Waals surface area contributed by atoms with Gasteiger partial charge in [-0.15, -0.1) is 0 Å². The number of benzene rings is 2. The Morgan fingerprint density at radius 3 is 1.34 bits per heavy atom. The van der Waals surface area contributed by atoms with Crippen molar-refractivity contribution in [2.24, 2.45) is 0 Å². The van der Waals surface area contributed by atoms with Crippen molar-refractivity contribution in [1.29, 1.82) is 0 Å². The normalized spacial score (nSPS) is 11.8. The molecule has 0 bridgehead atoms. The summed E-state index contributed by atoms with van der Waals surface area (Å²) in [6, 6.07) is 11.8. The monoisotopic (exact) mass is 439 g/mol. The molecule has 0 saturated heterocycles. The minimum absolute atomic E-state index is 0.146. The SMILES string of the molecule is CCCNS(=O)(=O)c1ccc(O[B]Oc2ccc(S(=O)(=O)NCCC)cc2)cc1. The van der Waals surface area contributed by atoms with Gasteiger partial charge in [0.1, 0.15) is 11.5 Å². The Labute approximate surface area is 173 Å². The summed E-state index contributed by atoms with van der Waals surface area (Å²) in [5.41, 5.74) is 0. The summed E-state index contributed by atoms with van der Waals surface area (Å²) in [6.07, 6.45) is 1.41. The standard InChI is InChI=1S/C18H24BN2O6S2/c1-3-13-20-28(22,23)17-9-5-15(6-10-17)26-19-27-16-7-11-18(12-8-16)29(24,25)21-14-4-2/h5-12,20-21H,3-4,13-14H2,1-2H3. The van der Waals surface area contributed by atoms with E-state index in [1.54, 1.807) is 0 Å². The molecule has 0 unspecified atom stereocenters. The third-order valence-corrected chi connectivity index (χ3v) is 6.67. The van der Waals surface area contributed by atoms with Gasteiger partial charge in [-0.25, -0.2) is 26.3 Å². The Kier molecular flexibility index (Phi) is 8.51. The number of nitrogens with one attached hydrogen (secondary N) is 2. The van der Waals surface area contributed by atoms with E-state index in [-0.39, 0.29) is 9.79 Å². The average Bonchev–Trinajstić information content (AvgIpc) is 2.71. The second kappa shape index (κ2) is 10.6. The van der Waals surface area contributed by atoms with Crippen LogP contribution in [0.15, 0.2) is 58.3 Å². The minimum atomic E-state index is -3.53. The van der Waals surface area contributed by atoms with Crippen molar-refractivity contribution >= 4 is 27.7 Å². The zero-order valence-electron chi connectivity index (χ0n) is 16.3. The van der Waals surface area contributed by atoms with E-state index >= 15 is 0 Å². The van der Waals surface area contributed by atoms with E-state index in [0.29, 0.717) is 37.4 Å². The Balaban J connectivity index is 1.88. The first kappa shape index (κ1) is 23.2. The Hall–Kier alpha value is -2.08. The molecule has 0 saturated carbocycles. The second-order valence-electron chi connectivity index (χ2n) is 6.07. The molecule has 2 N–H and O–H groups in total. The highest BCUT2D eigenvalue weighted by molar-refractivity contribution is 7.89. The topological polar surface area (TPSA) is 111 Å². The molecule has 0 atom stereocenters. The first-order valence-corrected chi connectivity index (χ1v) is 12.1. The molecule has 0 spiro atoms. The van der Waals surface area contributed by atoms with Crippen molar-refractivity contribution < 1.29 is 26.1 Å². The first-order valence-electron chi connectivity index (χ1n) is 9.13. The van der Waals surface area contributed by atoms with Crippen LogP contribution in [0, 0.1) is 0 Å². The molecular formula is C18H24BN2O6S2. The molecule has 2 rings (SSSR count). The smallest absolute Gasteiger partial charge is 0.526 e. The van der Waals surface area contributed by atoms with Crippen LogP contribution in [-0.2, 0) is 20.0 Å². The molecule has 2 aromatic rings. The third kappa shape index (κ3) is 7.04. The lowest BCUT2D eigenvalue weighted by molar-refractivity contribution is 0.458. The van der Waals surface area contributed by atoms with Gasteiger partial charge in [0, 0.05) is 13.1 Å². The van der Waals surface area contributed by atoms with Crippen molar-refractivity contribution in [3.05, 3.63) is 48.5 Å². The van der Waals surface area contributed by atoms with Gasteiger partial charge in [-0.3, -0.25) is 0 Å². The first-order chi connectivity index (χ1) is 13.8. The maximum absolute atomic E-state index is 12.0. The van der Waals surface area contributed by atoms with E-state index in [1.165, 1.54) is 48.5 Å². The van der Waals surface area contributed by atoms with Gasteiger partial charge in [-0.1, -0.05) is 13.8 Å².